The van der Waals surface area contributed by atoms with Crippen molar-refractivity contribution < 1.29 is 136 Å². The van der Waals surface area contributed by atoms with Crippen molar-refractivity contribution in [2.24, 2.45) is 46.3 Å². The molecule has 9 fully saturated rings. The molecule has 10 aliphatic rings. The molecule has 87 heavy (non-hydrogen) atoms. The lowest BCUT2D eigenvalue weighted by atomic mass is 9.47. The van der Waals surface area contributed by atoms with Crippen molar-refractivity contribution in [3.8, 4) is 0 Å². The molecule has 29 heteroatoms. The van der Waals surface area contributed by atoms with Crippen molar-refractivity contribution in [3.63, 3.8) is 0 Å². The summed E-state index contributed by atoms with van der Waals surface area (Å²) in [5.74, 6) is -0.213. The van der Waals surface area contributed by atoms with E-state index in [4.69, 9.17) is 56.3 Å². The Bertz CT molecular complexity index is 2500. The maximum atomic E-state index is 12.5. The van der Waals surface area contributed by atoms with Gasteiger partial charge in [-0.15, -0.1) is 0 Å². The molecule has 502 valence electrons. The van der Waals surface area contributed by atoms with Crippen LogP contribution in [0.3, 0.4) is 0 Å². The number of ether oxygens (including phenoxy) is 11. The average molecular weight is 1270 g/mol. The SMILES string of the molecule is CC(C)[C@H](C)[C@@H]1O[C@H]1[C@](C)(O)[C@H]1CC[C@H]2[C@@H]3C[C@H](O[C@@H]4O[C@H](CO)[C@@H](O)[C@H](O[C@@H]5O[C@H](C)[C@@H](O[C@@H]6O[C@H](C)[C@H](O)[C@H](O)[C@H]6O[C@@H]6O[C@H](C)[C@H](O)[C@H](O)[C@H]6O)[C@H](O)[C@H]5O[C@@H]5O[C@H](C)[C@@H](O)[C@H](O)[C@H]5O)[C@H]4O)C4C[C@@H](OS(=O)(=O)O)CC[C@]4(C)C3=CC[C@]12C. The number of fused-ring (bicyclic) bond motifs is 5. The highest BCUT2D eigenvalue weighted by Crippen LogP contribution is 2.68. The van der Waals surface area contributed by atoms with Crippen molar-refractivity contribution in [3.05, 3.63) is 11.6 Å². The first-order valence-electron chi connectivity index (χ1n) is 31.0. The smallest absolute Gasteiger partial charge is 0.394 e. The molecule has 6 heterocycles. The van der Waals surface area contributed by atoms with Crippen molar-refractivity contribution in [1.29, 1.82) is 0 Å². The number of allylic oxidation sites excluding steroid dienone is 2. The largest absolute Gasteiger partial charge is 0.397 e. The van der Waals surface area contributed by atoms with E-state index in [1.165, 1.54) is 27.7 Å². The van der Waals surface area contributed by atoms with Gasteiger partial charge >= 0.3 is 10.4 Å². The van der Waals surface area contributed by atoms with E-state index in [1.54, 1.807) is 0 Å². The minimum atomic E-state index is -4.90. The van der Waals surface area contributed by atoms with Crippen LogP contribution in [0.2, 0.25) is 0 Å². The first-order chi connectivity index (χ1) is 40.6. The molecule has 0 radical (unpaired) electrons. The van der Waals surface area contributed by atoms with Gasteiger partial charge in [-0.3, -0.25) is 4.55 Å². The van der Waals surface area contributed by atoms with Crippen molar-refractivity contribution in [2.75, 3.05) is 6.61 Å². The minimum absolute atomic E-state index is 0.0278. The number of hydrogen-bond acceptors (Lipinski definition) is 27. The summed E-state index contributed by atoms with van der Waals surface area (Å²) in [4.78, 5) is 0. The Morgan fingerprint density at radius 3 is 1.67 bits per heavy atom. The number of epoxide rings is 1. The highest BCUT2D eigenvalue weighted by atomic mass is 32.3. The Morgan fingerprint density at radius 2 is 1.10 bits per heavy atom. The van der Waals surface area contributed by atoms with E-state index in [0.29, 0.717) is 25.2 Å². The molecule has 6 saturated heterocycles. The van der Waals surface area contributed by atoms with Crippen LogP contribution in [-0.4, -0.2) is 270 Å². The second-order valence-corrected chi connectivity index (χ2v) is 28.8. The zero-order valence-electron chi connectivity index (χ0n) is 50.8. The van der Waals surface area contributed by atoms with Crippen LogP contribution in [-0.2, 0) is 66.7 Å². The Labute approximate surface area is 506 Å². The highest BCUT2D eigenvalue weighted by Gasteiger charge is 2.67. The number of aliphatic hydroxyl groups excluding tert-OH is 12. The number of rotatable bonds is 17. The molecule has 3 saturated carbocycles. The second kappa shape index (κ2) is 25.8. The molecule has 6 aliphatic heterocycles. The summed E-state index contributed by atoms with van der Waals surface area (Å²) in [6.45, 7) is 17.3. The fourth-order valence-electron chi connectivity index (χ4n) is 16.5. The normalized spacial score (nSPS) is 54.0. The zero-order chi connectivity index (χ0) is 63.6. The van der Waals surface area contributed by atoms with Gasteiger partial charge in [-0.2, -0.15) is 8.42 Å². The monoisotopic (exact) mass is 1270 g/mol. The lowest BCUT2D eigenvalue weighted by Gasteiger charge is -2.60. The topological polar surface area (TPSA) is 431 Å². The van der Waals surface area contributed by atoms with Crippen LogP contribution in [0.5, 0.6) is 0 Å². The second-order valence-electron chi connectivity index (χ2n) is 27.8. The van der Waals surface area contributed by atoms with E-state index in [9.17, 15) is 79.4 Å². The molecule has 0 amide bonds. The standard InChI is InChI=1S/C58H96O28S/c1-20(2)21(3)45-50(81-45)58(10,71)33-12-11-28-27-18-31(30-17-26(86-87(72,73)74)13-15-56(30,8)29(27)14-16-57(28,33)9)79-53-44(70)47(37(63)32(19-59)80-53)83-55-49(85-52-42(68)39(65)35(61)23(5)76-52)43(69)46(25(7)78-55)82-54-48(40(66)36(62)24(6)77-54)84-51-41(67)38(64)34(60)22(4)75-51/h14,20-28,30-55,59-71H,11-13,15-19H2,1-10H3,(H,72,73,74)/t21-,22+,23+,24+,25+,26-,27-,28-,30?,31-,32+,33-,34-,35+,36-,37+,38-,39-,40-,41+,42+,43-,44+,45-,46+,47-,48+,49+,50+,51-,52-,53+,54-,55-,56+,57-,58+/m0/s1. The molecule has 0 aromatic rings. The quantitative estimate of drug-likeness (QED) is 0.0416. The Hall–Kier alpha value is -1.35. The predicted molar refractivity (Wildman–Crippen MR) is 294 cm³/mol. The van der Waals surface area contributed by atoms with Gasteiger partial charge < -0.3 is 118 Å². The first-order valence-corrected chi connectivity index (χ1v) is 32.4. The van der Waals surface area contributed by atoms with Crippen LogP contribution >= 0.6 is 0 Å². The van der Waals surface area contributed by atoms with Crippen LogP contribution in [0, 0.1) is 46.3 Å². The Morgan fingerprint density at radius 1 is 0.586 bits per heavy atom. The van der Waals surface area contributed by atoms with E-state index in [0.717, 1.165) is 18.4 Å². The van der Waals surface area contributed by atoms with Gasteiger partial charge in [0, 0.05) is 0 Å². The predicted octanol–water partition coefficient (Wildman–Crippen LogP) is -2.23. The average Bonchev–Trinajstić information content (AvgIpc) is 1.66. The van der Waals surface area contributed by atoms with Crippen molar-refractivity contribution in [1.82, 2.24) is 0 Å². The summed E-state index contributed by atoms with van der Waals surface area (Å²) in [5.41, 5.74) is -1.05. The summed E-state index contributed by atoms with van der Waals surface area (Å²) in [6, 6.07) is 0. The third-order valence-corrected chi connectivity index (χ3v) is 22.6. The van der Waals surface area contributed by atoms with E-state index < -0.39 is 205 Å². The molecule has 0 aromatic heterocycles. The zero-order valence-corrected chi connectivity index (χ0v) is 51.6. The van der Waals surface area contributed by atoms with Crippen molar-refractivity contribution in [2.45, 2.75) is 298 Å². The fraction of sp³-hybridized carbons (Fsp3) is 0.966. The van der Waals surface area contributed by atoms with E-state index >= 15 is 0 Å². The summed E-state index contributed by atoms with van der Waals surface area (Å²) in [7, 11) is -4.90. The molecule has 28 nitrogen and oxygen atoms in total. The molecule has 37 atom stereocenters. The molecule has 0 aromatic carbocycles. The van der Waals surface area contributed by atoms with Crippen LogP contribution < -0.4 is 0 Å². The molecule has 0 spiro atoms. The molecule has 14 N–H and O–H groups in total. The van der Waals surface area contributed by atoms with E-state index in [-0.39, 0.29) is 48.7 Å². The van der Waals surface area contributed by atoms with Crippen molar-refractivity contribution >= 4 is 10.4 Å². The molecule has 1 unspecified atom stereocenters. The molecule has 0 bridgehead atoms. The molecule has 10 rings (SSSR count). The summed E-state index contributed by atoms with van der Waals surface area (Å²) < 4.78 is 108. The lowest BCUT2D eigenvalue weighted by molar-refractivity contribution is -0.406. The summed E-state index contributed by atoms with van der Waals surface area (Å²) in [6.07, 6.45) is -38.9. The fourth-order valence-corrected chi connectivity index (χ4v) is 17.0. The van der Waals surface area contributed by atoms with Gasteiger partial charge in [-0.05, 0) is 126 Å². The Kier molecular flexibility index (Phi) is 20.3. The van der Waals surface area contributed by atoms with Gasteiger partial charge in [-0.25, -0.2) is 4.18 Å². The maximum Gasteiger partial charge on any atom is 0.397 e. The summed E-state index contributed by atoms with van der Waals surface area (Å²) >= 11 is 0. The van der Waals surface area contributed by atoms with Gasteiger partial charge in [0.2, 0.25) is 0 Å². The maximum absolute atomic E-state index is 12.5. The van der Waals surface area contributed by atoms with Gasteiger partial charge in [0.25, 0.3) is 0 Å². The molecular weight excluding hydrogens is 1180 g/mol. The van der Waals surface area contributed by atoms with Gasteiger partial charge in [0.1, 0.15) is 104 Å². The number of hydrogen-bond donors (Lipinski definition) is 14. The van der Waals surface area contributed by atoms with Gasteiger partial charge in [-0.1, -0.05) is 46.3 Å². The van der Waals surface area contributed by atoms with Crippen LogP contribution in [0.15, 0.2) is 11.6 Å². The van der Waals surface area contributed by atoms with E-state index in [1.807, 2.05) is 6.92 Å². The molecular formula is C58H96O28S. The van der Waals surface area contributed by atoms with Crippen LogP contribution in [0.25, 0.3) is 0 Å². The highest BCUT2D eigenvalue weighted by molar-refractivity contribution is 7.80. The molecule has 4 aliphatic carbocycles. The minimum Gasteiger partial charge on any atom is -0.394 e. The van der Waals surface area contributed by atoms with Gasteiger partial charge in [0.15, 0.2) is 31.5 Å². The number of aliphatic hydroxyl groups is 13. The van der Waals surface area contributed by atoms with Gasteiger partial charge in [0.05, 0.1) is 54.9 Å². The van der Waals surface area contributed by atoms with Crippen LogP contribution in [0.1, 0.15) is 114 Å². The first kappa shape index (κ1) is 68.5. The Balaban J connectivity index is 0.930. The van der Waals surface area contributed by atoms with Crippen LogP contribution in [0.4, 0.5) is 0 Å². The summed E-state index contributed by atoms with van der Waals surface area (Å²) in [5, 5.41) is 147. The van der Waals surface area contributed by atoms with E-state index in [2.05, 4.69) is 40.7 Å². The third kappa shape index (κ3) is 12.8. The lowest BCUT2D eigenvalue weighted by Crippen LogP contribution is -2.68. The third-order valence-electron chi connectivity index (χ3n) is 22.1.